The minimum absolute atomic E-state index is 0. The zero-order valence-electron chi connectivity index (χ0n) is 14.4. The number of halogens is 3. The van der Waals surface area contributed by atoms with Crippen LogP contribution in [-0.4, -0.2) is 31.1 Å². The van der Waals surface area contributed by atoms with Crippen molar-refractivity contribution in [1.82, 2.24) is 0 Å². The van der Waals surface area contributed by atoms with E-state index in [2.05, 4.69) is 25.4 Å². The maximum Gasteiger partial charge on any atom is 1.00 e. The second-order valence-electron chi connectivity index (χ2n) is 5.51. The van der Waals surface area contributed by atoms with Crippen LogP contribution in [0.15, 0.2) is 46.0 Å². The first-order chi connectivity index (χ1) is 12.7. The van der Waals surface area contributed by atoms with Gasteiger partial charge in [0.05, 0.1) is 22.0 Å². The Labute approximate surface area is 222 Å². The number of nitrogens with zero attached hydrogens (tertiary/aromatic N) is 2. The molecule has 2 aromatic rings. The molecular weight excluding hydrogens is 522 g/mol. The number of benzene rings is 2. The molecule has 3 rings (SSSR count). The number of hydrogen-bond acceptors (Lipinski definition) is 6. The number of amides is 1. The van der Waals surface area contributed by atoms with E-state index in [0.29, 0.717) is 20.7 Å². The number of hydrogen-bond donors (Lipinski definition) is 0. The van der Waals surface area contributed by atoms with Gasteiger partial charge in [0.2, 0.25) is 0 Å². The largest absolute Gasteiger partial charge is 1.00 e. The molecule has 1 heterocycles. The molecule has 0 spiro atoms. The summed E-state index contributed by atoms with van der Waals surface area (Å²) in [4.78, 5) is 14.5. The number of carbonyl (C=O) groups excluding carboxylic acids is 1. The third-order valence-corrected chi connectivity index (χ3v) is 5.08. The minimum atomic E-state index is -4.97. The first-order valence-corrected chi connectivity index (χ1v) is 10.3. The maximum absolute atomic E-state index is 13.0. The van der Waals surface area contributed by atoms with Gasteiger partial charge in [-0.05, 0) is 36.4 Å². The van der Waals surface area contributed by atoms with E-state index in [1.165, 1.54) is 17.0 Å². The van der Waals surface area contributed by atoms with Gasteiger partial charge >= 0.3 is 51.4 Å². The van der Waals surface area contributed by atoms with Crippen LogP contribution in [0.5, 0.6) is 0 Å². The van der Waals surface area contributed by atoms with E-state index in [9.17, 15) is 17.8 Å². The third-order valence-electron chi connectivity index (χ3n) is 3.78. The second-order valence-corrected chi connectivity index (χ2v) is 8.24. The zero-order chi connectivity index (χ0) is 19.8. The van der Waals surface area contributed by atoms with Crippen molar-refractivity contribution in [1.29, 1.82) is 0 Å². The van der Waals surface area contributed by atoms with Gasteiger partial charge in [0, 0.05) is 28.0 Å². The summed E-state index contributed by atoms with van der Waals surface area (Å²) in [6, 6.07) is 9.58. The van der Waals surface area contributed by atoms with Gasteiger partial charge in [-0.3, -0.25) is 9.08 Å². The summed E-state index contributed by atoms with van der Waals surface area (Å²) in [6.45, 7) is 0.183. The van der Waals surface area contributed by atoms with E-state index in [0.717, 1.165) is 0 Å². The summed E-state index contributed by atoms with van der Waals surface area (Å²) < 4.78 is 36.8. The Kier molecular flexibility index (Phi) is 8.54. The Morgan fingerprint density at radius 1 is 1.21 bits per heavy atom. The molecule has 0 unspecified atom stereocenters. The van der Waals surface area contributed by atoms with Crippen LogP contribution in [0.25, 0.3) is 0 Å². The normalized spacial score (nSPS) is 15.0. The molecule has 12 heteroatoms. The molecule has 0 atom stereocenters. The monoisotopic (exact) mass is 530 g/mol. The quantitative estimate of drug-likeness (QED) is 0.254. The van der Waals surface area contributed by atoms with E-state index in [1.54, 1.807) is 24.3 Å². The predicted octanol–water partition coefficient (Wildman–Crippen LogP) is 0.991. The fourth-order valence-corrected chi connectivity index (χ4v) is 3.67. The zero-order valence-corrected chi connectivity index (χ0v) is 21.4. The average Bonchev–Trinajstić information content (AvgIpc) is 2.58. The van der Waals surface area contributed by atoms with Crippen molar-refractivity contribution in [3.63, 3.8) is 0 Å². The Bertz CT molecular complexity index is 1060. The SMILES string of the molecule is O=C(c1ccc(Cl)cc1Cl)N1CC/C(=N/OS(=O)(=O)[O-])c2ccc(Br)cc21.[K+]. The van der Waals surface area contributed by atoms with E-state index in [1.807, 2.05) is 0 Å². The third kappa shape index (κ3) is 5.78. The van der Waals surface area contributed by atoms with Crippen LogP contribution in [-0.2, 0) is 14.7 Å². The van der Waals surface area contributed by atoms with Crippen LogP contribution in [0.2, 0.25) is 10.0 Å². The Morgan fingerprint density at radius 3 is 2.57 bits per heavy atom. The Hall–Kier alpha value is -0.0136. The molecule has 0 saturated heterocycles. The smallest absolute Gasteiger partial charge is 0.714 e. The van der Waals surface area contributed by atoms with Gasteiger partial charge in [0.15, 0.2) is 0 Å². The molecule has 2 aromatic carbocycles. The fourth-order valence-electron chi connectivity index (χ4n) is 2.65. The van der Waals surface area contributed by atoms with Crippen molar-refractivity contribution in [2.24, 2.45) is 5.16 Å². The second kappa shape index (κ2) is 9.86. The van der Waals surface area contributed by atoms with Crippen LogP contribution < -0.4 is 56.3 Å². The molecule has 0 radical (unpaired) electrons. The van der Waals surface area contributed by atoms with Crippen molar-refractivity contribution in [2.75, 3.05) is 11.4 Å². The van der Waals surface area contributed by atoms with Gasteiger partial charge in [-0.1, -0.05) is 44.3 Å². The summed E-state index contributed by atoms with van der Waals surface area (Å²) in [5, 5.41) is 4.06. The topological polar surface area (TPSA) is 99.1 Å². The number of oxime groups is 1. The van der Waals surface area contributed by atoms with Crippen LogP contribution in [0, 0.1) is 0 Å². The number of anilines is 1. The summed E-state index contributed by atoms with van der Waals surface area (Å²) in [5.41, 5.74) is 1.44. The Balaban J connectivity index is 0.00000280. The van der Waals surface area contributed by atoms with Crippen molar-refractivity contribution in [3.8, 4) is 0 Å². The van der Waals surface area contributed by atoms with Crippen LogP contribution in [0.1, 0.15) is 22.3 Å². The van der Waals surface area contributed by atoms with Gasteiger partial charge in [-0.15, -0.1) is 0 Å². The molecule has 1 amide bonds. The maximum atomic E-state index is 13.0. The van der Waals surface area contributed by atoms with E-state index in [-0.39, 0.29) is 86.6 Å². The summed E-state index contributed by atoms with van der Waals surface area (Å²) in [5.74, 6) is -0.354. The molecule has 0 saturated carbocycles. The minimum Gasteiger partial charge on any atom is -0.714 e. The van der Waals surface area contributed by atoms with Crippen LogP contribution in [0.4, 0.5) is 5.69 Å². The van der Waals surface area contributed by atoms with Crippen LogP contribution >= 0.6 is 39.1 Å². The molecule has 0 bridgehead atoms. The van der Waals surface area contributed by atoms with Crippen molar-refractivity contribution < 1.29 is 73.4 Å². The Morgan fingerprint density at radius 2 is 1.93 bits per heavy atom. The van der Waals surface area contributed by atoms with Crippen molar-refractivity contribution in [3.05, 3.63) is 62.0 Å². The molecule has 1 aliphatic heterocycles. The standard InChI is InChI=1S/C16H11BrCl2N2O5S.K/c17-9-1-3-12-14(20-26-27(23,24)25)5-6-21(15(12)7-9)16(22)11-4-2-10(18)8-13(11)19;/h1-4,7-8H,5-6H2,(H,23,24,25);/q;+1/p-1/b20-14-;. The number of rotatable bonds is 3. The first-order valence-electron chi connectivity index (χ1n) is 7.44. The van der Waals surface area contributed by atoms with Crippen molar-refractivity contribution in [2.45, 2.75) is 6.42 Å². The first kappa shape index (κ1) is 24.3. The molecular formula is C16H10BrCl2KN2O5S. The molecule has 0 aliphatic carbocycles. The van der Waals surface area contributed by atoms with E-state index in [4.69, 9.17) is 23.2 Å². The number of carbonyl (C=O) groups is 1. The summed E-state index contributed by atoms with van der Waals surface area (Å²) in [7, 11) is -4.97. The summed E-state index contributed by atoms with van der Waals surface area (Å²) in [6.07, 6.45) is 0.182. The molecule has 142 valence electrons. The molecule has 0 N–H and O–H groups in total. The van der Waals surface area contributed by atoms with E-state index < -0.39 is 10.4 Å². The average molecular weight is 532 g/mol. The molecule has 7 nitrogen and oxygen atoms in total. The summed E-state index contributed by atoms with van der Waals surface area (Å²) >= 11 is 15.4. The molecule has 1 aliphatic rings. The number of fused-ring (bicyclic) bond motifs is 1. The predicted molar refractivity (Wildman–Crippen MR) is 104 cm³/mol. The molecule has 0 aromatic heterocycles. The van der Waals surface area contributed by atoms with Gasteiger partial charge in [-0.2, -0.15) is 8.42 Å². The van der Waals surface area contributed by atoms with Gasteiger partial charge < -0.3 is 9.45 Å². The van der Waals surface area contributed by atoms with Crippen LogP contribution in [0.3, 0.4) is 0 Å². The van der Waals surface area contributed by atoms with Gasteiger partial charge in [-0.25, -0.2) is 0 Å². The van der Waals surface area contributed by atoms with Gasteiger partial charge in [0.1, 0.15) is 0 Å². The van der Waals surface area contributed by atoms with Crippen molar-refractivity contribution >= 4 is 66.8 Å². The fraction of sp³-hybridized carbons (Fsp3) is 0.125. The van der Waals surface area contributed by atoms with E-state index >= 15 is 0 Å². The molecule has 28 heavy (non-hydrogen) atoms. The van der Waals surface area contributed by atoms with Gasteiger partial charge in [0.25, 0.3) is 16.3 Å². The molecule has 0 fully saturated rings.